The molecular formula is C16H14BrN3O. The molecule has 1 atom stereocenters. The number of rotatable bonds is 4. The summed E-state index contributed by atoms with van der Waals surface area (Å²) in [5.74, 6) is 0.664. The molecule has 0 aliphatic carbocycles. The van der Waals surface area contributed by atoms with Gasteiger partial charge in [0.25, 0.3) is 0 Å². The van der Waals surface area contributed by atoms with Crippen LogP contribution in [0.4, 0.5) is 0 Å². The van der Waals surface area contributed by atoms with Crippen LogP contribution in [0.5, 0.6) is 0 Å². The van der Waals surface area contributed by atoms with Crippen LogP contribution in [0.3, 0.4) is 0 Å². The summed E-state index contributed by atoms with van der Waals surface area (Å²) in [4.78, 5) is 4.28. The van der Waals surface area contributed by atoms with Gasteiger partial charge in [-0.1, -0.05) is 58.4 Å². The predicted molar refractivity (Wildman–Crippen MR) is 84.6 cm³/mol. The highest BCUT2D eigenvalue weighted by molar-refractivity contribution is 9.10. The van der Waals surface area contributed by atoms with Crippen LogP contribution in [0.15, 0.2) is 65.4 Å². The van der Waals surface area contributed by atoms with Crippen LogP contribution in [0, 0.1) is 0 Å². The fourth-order valence-electron chi connectivity index (χ4n) is 2.10. The number of halogens is 1. The molecule has 0 saturated heterocycles. The second kappa shape index (κ2) is 6.20. The quantitative estimate of drug-likeness (QED) is 0.789. The average molecular weight is 344 g/mol. The van der Waals surface area contributed by atoms with Gasteiger partial charge in [0.2, 0.25) is 0 Å². The topological polar surface area (TPSA) is 50.9 Å². The summed E-state index contributed by atoms with van der Waals surface area (Å²) in [6.45, 7) is 0.371. The molecule has 21 heavy (non-hydrogen) atoms. The maximum Gasteiger partial charge on any atom is 0.181 e. The van der Waals surface area contributed by atoms with Gasteiger partial charge >= 0.3 is 0 Å². The zero-order valence-corrected chi connectivity index (χ0v) is 12.8. The van der Waals surface area contributed by atoms with Gasteiger partial charge in [0, 0.05) is 10.0 Å². The zero-order valence-electron chi connectivity index (χ0n) is 11.2. The first-order valence-electron chi connectivity index (χ1n) is 6.61. The Bertz CT molecular complexity index is 727. The van der Waals surface area contributed by atoms with E-state index in [1.54, 1.807) is 11.0 Å². The van der Waals surface area contributed by atoms with Crippen molar-refractivity contribution in [2.24, 2.45) is 0 Å². The largest absolute Gasteiger partial charge is 0.386 e. The molecule has 1 N–H and O–H groups in total. The number of aliphatic hydroxyl groups excluding tert-OH is 1. The Kier molecular flexibility index (Phi) is 4.13. The van der Waals surface area contributed by atoms with Crippen molar-refractivity contribution in [2.45, 2.75) is 12.6 Å². The molecule has 1 aromatic heterocycles. The minimum absolute atomic E-state index is 0.371. The van der Waals surface area contributed by atoms with E-state index in [-0.39, 0.29) is 0 Å². The van der Waals surface area contributed by atoms with Crippen LogP contribution in [-0.4, -0.2) is 19.9 Å². The first kappa shape index (κ1) is 14.0. The van der Waals surface area contributed by atoms with Crippen molar-refractivity contribution in [3.63, 3.8) is 0 Å². The van der Waals surface area contributed by atoms with Crippen molar-refractivity contribution < 1.29 is 5.11 Å². The highest BCUT2D eigenvalue weighted by Gasteiger charge is 2.11. The lowest BCUT2D eigenvalue weighted by Crippen LogP contribution is -2.09. The zero-order chi connectivity index (χ0) is 14.7. The van der Waals surface area contributed by atoms with E-state index in [1.807, 2.05) is 54.6 Å². The minimum atomic E-state index is -0.618. The molecule has 0 radical (unpaired) electrons. The van der Waals surface area contributed by atoms with Gasteiger partial charge in [-0.25, -0.2) is 9.67 Å². The van der Waals surface area contributed by atoms with Crippen molar-refractivity contribution in [1.82, 2.24) is 14.8 Å². The molecule has 3 rings (SSSR count). The molecule has 0 bridgehead atoms. The summed E-state index contributed by atoms with van der Waals surface area (Å²) >= 11 is 3.40. The lowest BCUT2D eigenvalue weighted by Gasteiger charge is -2.10. The molecule has 0 saturated carbocycles. The molecule has 0 aliphatic heterocycles. The van der Waals surface area contributed by atoms with E-state index in [9.17, 15) is 5.11 Å². The van der Waals surface area contributed by atoms with E-state index in [0.717, 1.165) is 15.6 Å². The van der Waals surface area contributed by atoms with Gasteiger partial charge < -0.3 is 5.11 Å². The Morgan fingerprint density at radius 2 is 1.90 bits per heavy atom. The molecule has 0 aliphatic rings. The number of aliphatic hydroxyl groups is 1. The van der Waals surface area contributed by atoms with Crippen LogP contribution in [0.2, 0.25) is 0 Å². The fourth-order valence-corrected chi connectivity index (χ4v) is 2.52. The number of aromatic nitrogens is 3. The fraction of sp³-hybridized carbons (Fsp3) is 0.125. The van der Waals surface area contributed by atoms with Crippen molar-refractivity contribution in [3.05, 3.63) is 71.0 Å². The van der Waals surface area contributed by atoms with Gasteiger partial charge in [0.15, 0.2) is 5.82 Å². The summed E-state index contributed by atoms with van der Waals surface area (Å²) in [5, 5.41) is 14.7. The molecule has 0 spiro atoms. The molecule has 1 unspecified atom stereocenters. The Morgan fingerprint density at radius 1 is 1.10 bits per heavy atom. The third kappa shape index (κ3) is 3.37. The van der Waals surface area contributed by atoms with Crippen LogP contribution in [-0.2, 0) is 6.54 Å². The molecule has 4 nitrogen and oxygen atoms in total. The average Bonchev–Trinajstić information content (AvgIpc) is 2.97. The second-order valence-corrected chi connectivity index (χ2v) is 5.64. The van der Waals surface area contributed by atoms with E-state index in [0.29, 0.717) is 12.4 Å². The Balaban J connectivity index is 1.75. The van der Waals surface area contributed by atoms with Gasteiger partial charge in [-0.15, -0.1) is 0 Å². The Labute approximate surface area is 131 Å². The van der Waals surface area contributed by atoms with E-state index in [2.05, 4.69) is 26.0 Å². The van der Waals surface area contributed by atoms with Gasteiger partial charge in [0.1, 0.15) is 6.33 Å². The first-order chi connectivity index (χ1) is 10.2. The normalized spacial score (nSPS) is 12.3. The van der Waals surface area contributed by atoms with Crippen LogP contribution >= 0.6 is 15.9 Å². The van der Waals surface area contributed by atoms with E-state index < -0.39 is 6.10 Å². The molecule has 5 heteroatoms. The van der Waals surface area contributed by atoms with Gasteiger partial charge in [0.05, 0.1) is 12.6 Å². The van der Waals surface area contributed by atoms with Crippen LogP contribution < -0.4 is 0 Å². The molecule has 106 valence electrons. The molecule has 1 heterocycles. The molecular weight excluding hydrogens is 330 g/mol. The van der Waals surface area contributed by atoms with Crippen molar-refractivity contribution in [3.8, 4) is 11.4 Å². The van der Waals surface area contributed by atoms with Gasteiger partial charge in [-0.05, 0) is 17.7 Å². The summed E-state index contributed by atoms with van der Waals surface area (Å²) in [5.41, 5.74) is 1.81. The molecule has 0 amide bonds. The number of hydrogen-bond donors (Lipinski definition) is 1. The van der Waals surface area contributed by atoms with Gasteiger partial charge in [-0.3, -0.25) is 0 Å². The minimum Gasteiger partial charge on any atom is -0.386 e. The lowest BCUT2D eigenvalue weighted by molar-refractivity contribution is 0.151. The maximum atomic E-state index is 10.3. The predicted octanol–water partition coefficient (Wildman–Crippen LogP) is 3.44. The van der Waals surface area contributed by atoms with Crippen molar-refractivity contribution in [2.75, 3.05) is 0 Å². The monoisotopic (exact) mass is 343 g/mol. The highest BCUT2D eigenvalue weighted by Crippen LogP contribution is 2.20. The summed E-state index contributed by atoms with van der Waals surface area (Å²) in [6.07, 6.45) is 1.02. The Hall–Kier alpha value is -1.98. The first-order valence-corrected chi connectivity index (χ1v) is 7.40. The number of nitrogens with zero attached hydrogens (tertiary/aromatic N) is 3. The third-order valence-corrected chi connectivity index (χ3v) is 3.66. The van der Waals surface area contributed by atoms with E-state index in [1.165, 1.54) is 0 Å². The maximum absolute atomic E-state index is 10.3. The third-order valence-electron chi connectivity index (χ3n) is 3.16. The lowest BCUT2D eigenvalue weighted by atomic mass is 10.1. The van der Waals surface area contributed by atoms with Crippen LogP contribution in [0.25, 0.3) is 11.4 Å². The standard InChI is InChI=1S/C16H14BrN3O/c17-14-8-4-7-13(9-14)15(21)10-20-11-18-16(19-20)12-5-2-1-3-6-12/h1-9,11,15,21H,10H2. The van der Waals surface area contributed by atoms with Crippen LogP contribution in [0.1, 0.15) is 11.7 Å². The molecule has 3 aromatic rings. The number of hydrogen-bond acceptors (Lipinski definition) is 3. The van der Waals surface area contributed by atoms with Crippen molar-refractivity contribution >= 4 is 15.9 Å². The summed E-state index contributed by atoms with van der Waals surface area (Å²) in [6, 6.07) is 17.4. The molecule has 0 fully saturated rings. The number of benzene rings is 2. The summed E-state index contributed by atoms with van der Waals surface area (Å²) in [7, 11) is 0. The SMILES string of the molecule is OC(Cn1cnc(-c2ccccc2)n1)c1cccc(Br)c1. The van der Waals surface area contributed by atoms with E-state index in [4.69, 9.17) is 0 Å². The second-order valence-electron chi connectivity index (χ2n) is 4.73. The molecule has 2 aromatic carbocycles. The summed E-state index contributed by atoms with van der Waals surface area (Å²) < 4.78 is 2.61. The smallest absolute Gasteiger partial charge is 0.181 e. The highest BCUT2D eigenvalue weighted by atomic mass is 79.9. The Morgan fingerprint density at radius 3 is 2.67 bits per heavy atom. The van der Waals surface area contributed by atoms with Gasteiger partial charge in [-0.2, -0.15) is 5.10 Å². The van der Waals surface area contributed by atoms with E-state index >= 15 is 0 Å². The van der Waals surface area contributed by atoms with Crippen molar-refractivity contribution in [1.29, 1.82) is 0 Å².